The first-order valence-corrected chi connectivity index (χ1v) is 7.18. The summed E-state index contributed by atoms with van der Waals surface area (Å²) >= 11 is 8.53. The Morgan fingerprint density at radius 3 is 2.44 bits per heavy atom. The number of benzene rings is 1. The van der Waals surface area contributed by atoms with Crippen LogP contribution in [0.1, 0.15) is 22.1 Å². The first-order valence-electron chi connectivity index (χ1n) is 4.78. The van der Waals surface area contributed by atoms with Gasteiger partial charge in [0.05, 0.1) is 3.79 Å². The Morgan fingerprint density at radius 1 is 1.19 bits per heavy atom. The number of thiophene rings is 1. The molecule has 1 aromatic carbocycles. The number of hydrogen-bond donors (Lipinski definition) is 1. The van der Waals surface area contributed by atoms with E-state index in [4.69, 9.17) is 0 Å². The normalized spacial score (nSPS) is 12.8. The zero-order valence-electron chi connectivity index (χ0n) is 8.58. The molecule has 0 saturated heterocycles. The maximum Gasteiger partial charge on any atom is 0.106 e. The molecule has 0 aliphatic carbocycles. The van der Waals surface area contributed by atoms with Crippen LogP contribution in [-0.2, 0) is 0 Å². The molecule has 0 radical (unpaired) electrons. The highest BCUT2D eigenvalue weighted by Crippen LogP contribution is 2.35. The number of aryl methyl sites for hydroxylation is 1. The maximum atomic E-state index is 10.3. The van der Waals surface area contributed by atoms with Gasteiger partial charge >= 0.3 is 0 Å². The largest absolute Gasteiger partial charge is 0.384 e. The van der Waals surface area contributed by atoms with Crippen molar-refractivity contribution in [1.29, 1.82) is 0 Å². The van der Waals surface area contributed by atoms with Crippen LogP contribution in [0.5, 0.6) is 0 Å². The molecule has 1 unspecified atom stereocenters. The van der Waals surface area contributed by atoms with E-state index in [2.05, 4.69) is 31.9 Å². The van der Waals surface area contributed by atoms with E-state index in [1.54, 1.807) is 11.3 Å². The lowest BCUT2D eigenvalue weighted by atomic mass is 10.0. The van der Waals surface area contributed by atoms with Crippen molar-refractivity contribution in [1.82, 2.24) is 0 Å². The van der Waals surface area contributed by atoms with Gasteiger partial charge in [0.25, 0.3) is 0 Å². The molecule has 1 atom stereocenters. The Balaban J connectivity index is 2.43. The minimum atomic E-state index is -0.571. The predicted molar refractivity (Wildman–Crippen MR) is 75.0 cm³/mol. The molecular formula is C12H10Br2OS. The van der Waals surface area contributed by atoms with Gasteiger partial charge < -0.3 is 5.11 Å². The molecule has 0 fully saturated rings. The summed E-state index contributed by atoms with van der Waals surface area (Å²) in [4.78, 5) is 1.13. The van der Waals surface area contributed by atoms with E-state index in [0.717, 1.165) is 24.3 Å². The summed E-state index contributed by atoms with van der Waals surface area (Å²) in [6, 6.07) is 9.72. The lowest BCUT2D eigenvalue weighted by Crippen LogP contribution is -2.00. The molecule has 0 amide bonds. The van der Waals surface area contributed by atoms with Gasteiger partial charge in [-0.25, -0.2) is 0 Å². The zero-order chi connectivity index (χ0) is 11.7. The first kappa shape index (κ1) is 12.3. The highest BCUT2D eigenvalue weighted by atomic mass is 79.9. The fraction of sp³-hybridized carbons (Fsp3) is 0.167. The Kier molecular flexibility index (Phi) is 3.85. The van der Waals surface area contributed by atoms with Crippen LogP contribution in [0, 0.1) is 6.92 Å². The Morgan fingerprint density at radius 2 is 1.88 bits per heavy atom. The summed E-state index contributed by atoms with van der Waals surface area (Å²) in [7, 11) is 0. The average molecular weight is 362 g/mol. The van der Waals surface area contributed by atoms with E-state index in [1.165, 1.54) is 0 Å². The number of aliphatic hydroxyl groups excluding tert-OH is 1. The quantitative estimate of drug-likeness (QED) is 0.824. The van der Waals surface area contributed by atoms with Crippen molar-refractivity contribution >= 4 is 43.2 Å². The van der Waals surface area contributed by atoms with Gasteiger partial charge in [-0.1, -0.05) is 34.1 Å². The van der Waals surface area contributed by atoms with Crippen LogP contribution < -0.4 is 0 Å². The lowest BCUT2D eigenvalue weighted by Gasteiger charge is -2.12. The molecule has 0 saturated carbocycles. The second-order valence-electron chi connectivity index (χ2n) is 3.49. The molecule has 1 N–H and O–H groups in total. The van der Waals surface area contributed by atoms with E-state index >= 15 is 0 Å². The lowest BCUT2D eigenvalue weighted by molar-refractivity contribution is 0.219. The van der Waals surface area contributed by atoms with Gasteiger partial charge in [0.1, 0.15) is 6.10 Å². The van der Waals surface area contributed by atoms with Crippen LogP contribution in [0.15, 0.2) is 38.6 Å². The second kappa shape index (κ2) is 5.00. The first-order chi connectivity index (χ1) is 7.59. The summed E-state index contributed by atoms with van der Waals surface area (Å²) in [5.74, 6) is 0. The van der Waals surface area contributed by atoms with Crippen LogP contribution in [-0.4, -0.2) is 5.11 Å². The van der Waals surface area contributed by atoms with Crippen LogP contribution in [0.25, 0.3) is 0 Å². The minimum Gasteiger partial charge on any atom is -0.384 e. The van der Waals surface area contributed by atoms with Crippen molar-refractivity contribution in [2.45, 2.75) is 13.0 Å². The van der Waals surface area contributed by atoms with E-state index in [-0.39, 0.29) is 0 Å². The van der Waals surface area contributed by atoms with Gasteiger partial charge in [0.2, 0.25) is 0 Å². The molecule has 4 heteroatoms. The number of halogens is 2. The number of hydrogen-bond acceptors (Lipinski definition) is 2. The summed E-state index contributed by atoms with van der Waals surface area (Å²) < 4.78 is 1.98. The van der Waals surface area contributed by atoms with Crippen molar-refractivity contribution in [3.63, 3.8) is 0 Å². The van der Waals surface area contributed by atoms with Crippen molar-refractivity contribution < 1.29 is 5.11 Å². The highest BCUT2D eigenvalue weighted by molar-refractivity contribution is 9.11. The van der Waals surface area contributed by atoms with Crippen molar-refractivity contribution in [3.8, 4) is 0 Å². The second-order valence-corrected chi connectivity index (χ2v) is 6.98. The van der Waals surface area contributed by atoms with Gasteiger partial charge in [-0.2, -0.15) is 0 Å². The Bertz CT molecular complexity index is 507. The smallest absolute Gasteiger partial charge is 0.106 e. The monoisotopic (exact) mass is 360 g/mol. The molecule has 84 valence electrons. The SMILES string of the molecule is Cc1sc(Br)cc1C(O)c1ccccc1Br. The van der Waals surface area contributed by atoms with E-state index < -0.39 is 6.10 Å². The fourth-order valence-corrected chi connectivity index (χ4v) is 3.84. The summed E-state index contributed by atoms with van der Waals surface area (Å²) in [5, 5.41) is 10.3. The fourth-order valence-electron chi connectivity index (χ4n) is 1.59. The Hall–Kier alpha value is -0.160. The average Bonchev–Trinajstić information content (AvgIpc) is 2.58. The standard InChI is InChI=1S/C12H10Br2OS/c1-7-9(6-11(14)16-7)12(15)8-4-2-3-5-10(8)13/h2-6,12,15H,1H3. The third kappa shape index (κ3) is 2.40. The maximum absolute atomic E-state index is 10.3. The topological polar surface area (TPSA) is 20.2 Å². The van der Waals surface area contributed by atoms with E-state index in [9.17, 15) is 5.11 Å². The van der Waals surface area contributed by atoms with Gasteiger partial charge in [0.15, 0.2) is 0 Å². The molecule has 1 aromatic heterocycles. The van der Waals surface area contributed by atoms with Crippen molar-refractivity contribution in [2.75, 3.05) is 0 Å². The van der Waals surface area contributed by atoms with Gasteiger partial charge in [0, 0.05) is 9.35 Å². The number of rotatable bonds is 2. The van der Waals surface area contributed by atoms with Crippen molar-refractivity contribution in [2.24, 2.45) is 0 Å². The molecule has 0 bridgehead atoms. The van der Waals surface area contributed by atoms with Gasteiger partial charge in [-0.3, -0.25) is 0 Å². The van der Waals surface area contributed by atoms with Crippen LogP contribution in [0.2, 0.25) is 0 Å². The zero-order valence-corrected chi connectivity index (χ0v) is 12.6. The van der Waals surface area contributed by atoms with Crippen LogP contribution in [0.4, 0.5) is 0 Å². The van der Waals surface area contributed by atoms with Crippen LogP contribution in [0.3, 0.4) is 0 Å². The molecule has 0 aliphatic heterocycles. The number of aliphatic hydroxyl groups is 1. The van der Waals surface area contributed by atoms with Crippen LogP contribution >= 0.6 is 43.2 Å². The molecule has 2 rings (SSSR count). The molecule has 1 nitrogen and oxygen atoms in total. The summed E-state index contributed by atoms with van der Waals surface area (Å²) in [5.41, 5.74) is 1.86. The molecule has 2 aromatic rings. The molecule has 0 aliphatic rings. The molecule has 1 heterocycles. The molecule has 0 spiro atoms. The van der Waals surface area contributed by atoms with Crippen molar-refractivity contribution in [3.05, 3.63) is 54.6 Å². The van der Waals surface area contributed by atoms with Gasteiger partial charge in [-0.05, 0) is 46.1 Å². The van der Waals surface area contributed by atoms with Gasteiger partial charge in [-0.15, -0.1) is 11.3 Å². The third-order valence-corrected chi connectivity index (χ3v) is 4.71. The predicted octanol–water partition coefficient (Wildman–Crippen LogP) is 4.66. The minimum absolute atomic E-state index is 0.571. The highest BCUT2D eigenvalue weighted by Gasteiger charge is 2.17. The molecular weight excluding hydrogens is 352 g/mol. The molecule has 16 heavy (non-hydrogen) atoms. The Labute approximate surface area is 115 Å². The summed E-state index contributed by atoms with van der Waals surface area (Å²) in [6.07, 6.45) is -0.571. The van der Waals surface area contributed by atoms with E-state index in [0.29, 0.717) is 0 Å². The third-order valence-electron chi connectivity index (χ3n) is 2.42. The van der Waals surface area contributed by atoms with E-state index in [1.807, 2.05) is 37.3 Å². The summed E-state index contributed by atoms with van der Waals surface area (Å²) in [6.45, 7) is 2.02.